The molecule has 26 heavy (non-hydrogen) atoms. The number of rotatable bonds is 5. The number of anilines is 1. The van der Waals surface area contributed by atoms with Crippen molar-refractivity contribution in [1.82, 2.24) is 9.78 Å². The van der Waals surface area contributed by atoms with Crippen molar-refractivity contribution in [2.45, 2.75) is 6.92 Å². The van der Waals surface area contributed by atoms with Gasteiger partial charge < -0.3 is 10.1 Å². The highest BCUT2D eigenvalue weighted by molar-refractivity contribution is 6.06. The minimum absolute atomic E-state index is 0.0904. The highest BCUT2D eigenvalue weighted by atomic mass is 16.6. The van der Waals surface area contributed by atoms with E-state index in [1.54, 1.807) is 17.7 Å². The van der Waals surface area contributed by atoms with Gasteiger partial charge in [0.05, 0.1) is 41.2 Å². The Kier molecular flexibility index (Phi) is 4.66. The van der Waals surface area contributed by atoms with Crippen LogP contribution < -0.4 is 10.1 Å². The highest BCUT2D eigenvalue weighted by Gasteiger charge is 2.20. The molecule has 8 heteroatoms. The number of hydrogen-bond donors (Lipinski definition) is 1. The van der Waals surface area contributed by atoms with Gasteiger partial charge in [0.2, 0.25) is 0 Å². The first kappa shape index (κ1) is 17.2. The maximum Gasteiger partial charge on any atom is 0.296 e. The molecule has 0 radical (unpaired) electrons. The second kappa shape index (κ2) is 7.06. The average Bonchev–Trinajstić information content (AvgIpc) is 3.04. The lowest BCUT2D eigenvalue weighted by Gasteiger charge is -2.08. The Bertz CT molecular complexity index is 967. The van der Waals surface area contributed by atoms with Crippen LogP contribution in [-0.2, 0) is 0 Å². The first-order valence-corrected chi connectivity index (χ1v) is 7.75. The number of aromatic nitrogens is 2. The van der Waals surface area contributed by atoms with E-state index in [1.807, 2.05) is 30.3 Å². The number of para-hydroxylation sites is 1. The van der Waals surface area contributed by atoms with Gasteiger partial charge in [0.15, 0.2) is 0 Å². The number of carbonyl (C=O) groups is 1. The van der Waals surface area contributed by atoms with Crippen molar-refractivity contribution >= 4 is 17.3 Å². The monoisotopic (exact) mass is 352 g/mol. The number of benzene rings is 2. The van der Waals surface area contributed by atoms with Crippen molar-refractivity contribution in [1.29, 1.82) is 0 Å². The van der Waals surface area contributed by atoms with Crippen LogP contribution in [0.25, 0.3) is 5.69 Å². The Morgan fingerprint density at radius 1 is 1.23 bits per heavy atom. The summed E-state index contributed by atoms with van der Waals surface area (Å²) in [6, 6.07) is 13.6. The first-order valence-electron chi connectivity index (χ1n) is 7.75. The molecule has 8 nitrogen and oxygen atoms in total. The predicted octanol–water partition coefficient (Wildman–Crippen LogP) is 3.35. The van der Waals surface area contributed by atoms with E-state index in [0.717, 1.165) is 5.69 Å². The van der Waals surface area contributed by atoms with Crippen LogP contribution in [0.4, 0.5) is 11.4 Å². The van der Waals surface area contributed by atoms with Crippen LogP contribution in [0.3, 0.4) is 0 Å². The van der Waals surface area contributed by atoms with E-state index < -0.39 is 10.8 Å². The third kappa shape index (κ3) is 3.25. The maximum atomic E-state index is 12.6. The number of methoxy groups -OCH3 is 1. The Morgan fingerprint density at radius 2 is 1.96 bits per heavy atom. The lowest BCUT2D eigenvalue weighted by Crippen LogP contribution is -2.14. The zero-order valence-electron chi connectivity index (χ0n) is 14.2. The Morgan fingerprint density at radius 3 is 2.62 bits per heavy atom. The van der Waals surface area contributed by atoms with E-state index in [2.05, 4.69) is 10.4 Å². The SMILES string of the molecule is COc1ccc(NC(=O)c2cnn(-c3ccccc3)c2C)c([N+](=O)[O-])c1. The predicted molar refractivity (Wildman–Crippen MR) is 95.9 cm³/mol. The molecule has 1 heterocycles. The molecule has 0 unspecified atom stereocenters. The second-order valence-corrected chi connectivity index (χ2v) is 5.49. The number of amides is 1. The van der Waals surface area contributed by atoms with Gasteiger partial charge >= 0.3 is 0 Å². The van der Waals surface area contributed by atoms with Crippen LogP contribution in [0.15, 0.2) is 54.7 Å². The van der Waals surface area contributed by atoms with E-state index in [0.29, 0.717) is 17.0 Å². The van der Waals surface area contributed by atoms with E-state index >= 15 is 0 Å². The van der Waals surface area contributed by atoms with E-state index in [4.69, 9.17) is 4.74 Å². The van der Waals surface area contributed by atoms with Crippen LogP contribution >= 0.6 is 0 Å². The van der Waals surface area contributed by atoms with Crippen molar-refractivity contribution in [3.05, 3.63) is 76.1 Å². The molecule has 0 aliphatic heterocycles. The number of nitrogens with one attached hydrogen (secondary N) is 1. The molecule has 2 aromatic carbocycles. The molecule has 0 saturated carbocycles. The molecule has 0 spiro atoms. The molecule has 132 valence electrons. The fourth-order valence-corrected chi connectivity index (χ4v) is 2.55. The fraction of sp³-hybridized carbons (Fsp3) is 0.111. The Labute approximate surface area is 149 Å². The first-order chi connectivity index (χ1) is 12.5. The zero-order chi connectivity index (χ0) is 18.7. The van der Waals surface area contributed by atoms with Gasteiger partial charge in [-0.1, -0.05) is 18.2 Å². The molecule has 0 bridgehead atoms. The van der Waals surface area contributed by atoms with Gasteiger partial charge in [-0.2, -0.15) is 5.10 Å². The van der Waals surface area contributed by atoms with E-state index in [1.165, 1.54) is 25.4 Å². The number of ether oxygens (including phenoxy) is 1. The van der Waals surface area contributed by atoms with Crippen molar-refractivity contribution in [2.75, 3.05) is 12.4 Å². The zero-order valence-corrected chi connectivity index (χ0v) is 14.2. The fourth-order valence-electron chi connectivity index (χ4n) is 2.55. The molecule has 1 amide bonds. The van der Waals surface area contributed by atoms with E-state index in [9.17, 15) is 14.9 Å². The summed E-state index contributed by atoms with van der Waals surface area (Å²) in [6.45, 7) is 1.76. The molecule has 0 saturated heterocycles. The second-order valence-electron chi connectivity index (χ2n) is 5.49. The minimum Gasteiger partial charge on any atom is -0.496 e. The van der Waals surface area contributed by atoms with Gasteiger partial charge in [-0.3, -0.25) is 14.9 Å². The van der Waals surface area contributed by atoms with Crippen LogP contribution in [0.2, 0.25) is 0 Å². The molecular formula is C18H16N4O4. The summed E-state index contributed by atoms with van der Waals surface area (Å²) in [5.41, 5.74) is 1.63. The maximum absolute atomic E-state index is 12.6. The molecule has 3 aromatic rings. The number of nitro groups is 1. The van der Waals surface area contributed by atoms with Gasteiger partial charge in [0.25, 0.3) is 11.6 Å². The summed E-state index contributed by atoms with van der Waals surface area (Å²) in [4.78, 5) is 23.3. The number of carbonyl (C=O) groups excluding carboxylic acids is 1. The lowest BCUT2D eigenvalue weighted by atomic mass is 10.2. The summed E-state index contributed by atoms with van der Waals surface area (Å²) >= 11 is 0. The normalized spacial score (nSPS) is 10.4. The third-order valence-electron chi connectivity index (χ3n) is 3.90. The summed E-state index contributed by atoms with van der Waals surface area (Å²) in [7, 11) is 1.42. The molecule has 0 fully saturated rings. The van der Waals surface area contributed by atoms with Crippen molar-refractivity contribution in [3.63, 3.8) is 0 Å². The molecular weight excluding hydrogens is 336 g/mol. The van der Waals surface area contributed by atoms with Crippen LogP contribution in [0.5, 0.6) is 5.75 Å². The number of hydrogen-bond acceptors (Lipinski definition) is 5. The van der Waals surface area contributed by atoms with Crippen LogP contribution in [-0.4, -0.2) is 27.7 Å². The number of nitrogens with zero attached hydrogens (tertiary/aromatic N) is 3. The minimum atomic E-state index is -0.571. The standard InChI is InChI=1S/C18H16N4O4/c1-12-15(11-19-21(12)13-6-4-3-5-7-13)18(23)20-16-9-8-14(26-2)10-17(16)22(24)25/h3-11H,1-2H3,(H,20,23). The van der Waals surface area contributed by atoms with Crippen LogP contribution in [0.1, 0.15) is 16.1 Å². The van der Waals surface area contributed by atoms with Crippen molar-refractivity contribution in [3.8, 4) is 11.4 Å². The van der Waals surface area contributed by atoms with Crippen LogP contribution in [0, 0.1) is 17.0 Å². The van der Waals surface area contributed by atoms with E-state index in [-0.39, 0.29) is 11.4 Å². The lowest BCUT2D eigenvalue weighted by molar-refractivity contribution is -0.384. The molecule has 0 aliphatic carbocycles. The third-order valence-corrected chi connectivity index (χ3v) is 3.90. The van der Waals surface area contributed by atoms with Gasteiger partial charge in [0, 0.05) is 0 Å². The van der Waals surface area contributed by atoms with Gasteiger partial charge in [-0.15, -0.1) is 0 Å². The van der Waals surface area contributed by atoms with Crippen molar-refractivity contribution < 1.29 is 14.5 Å². The summed E-state index contributed by atoms with van der Waals surface area (Å²) in [5.74, 6) is -0.138. The molecule has 0 atom stereocenters. The summed E-state index contributed by atoms with van der Waals surface area (Å²) < 4.78 is 6.63. The Balaban J connectivity index is 1.90. The largest absolute Gasteiger partial charge is 0.496 e. The molecule has 3 rings (SSSR count). The summed E-state index contributed by atoms with van der Waals surface area (Å²) in [5, 5.41) is 18.1. The Hall–Kier alpha value is -3.68. The number of nitro benzene ring substituents is 1. The quantitative estimate of drug-likeness (QED) is 0.561. The van der Waals surface area contributed by atoms with Gasteiger partial charge in [0.1, 0.15) is 11.4 Å². The molecule has 1 N–H and O–H groups in total. The average molecular weight is 352 g/mol. The highest BCUT2D eigenvalue weighted by Crippen LogP contribution is 2.29. The topological polar surface area (TPSA) is 99.3 Å². The van der Waals surface area contributed by atoms with Crippen molar-refractivity contribution in [2.24, 2.45) is 0 Å². The summed E-state index contributed by atoms with van der Waals surface area (Å²) in [6.07, 6.45) is 1.44. The molecule has 1 aromatic heterocycles. The van der Waals surface area contributed by atoms with Gasteiger partial charge in [-0.25, -0.2) is 4.68 Å². The van der Waals surface area contributed by atoms with Gasteiger partial charge in [-0.05, 0) is 31.2 Å². The molecule has 0 aliphatic rings. The smallest absolute Gasteiger partial charge is 0.296 e.